The van der Waals surface area contributed by atoms with Crippen LogP contribution < -0.4 is 10.3 Å². The van der Waals surface area contributed by atoms with E-state index in [2.05, 4.69) is 15.1 Å². The lowest BCUT2D eigenvalue weighted by molar-refractivity contribution is 0.0531. The van der Waals surface area contributed by atoms with Crippen LogP contribution in [0.3, 0.4) is 0 Å². The van der Waals surface area contributed by atoms with Gasteiger partial charge in [0.25, 0.3) is 5.56 Å². The molecule has 0 spiro atoms. The quantitative estimate of drug-likeness (QED) is 0.237. The molecule has 0 aliphatic heterocycles. The van der Waals surface area contributed by atoms with Crippen molar-refractivity contribution in [2.75, 3.05) is 6.61 Å². The van der Waals surface area contributed by atoms with Gasteiger partial charge in [-0.3, -0.25) is 9.78 Å². The van der Waals surface area contributed by atoms with Crippen molar-refractivity contribution in [3.63, 3.8) is 0 Å². The average molecular weight is 477 g/mol. The van der Waals surface area contributed by atoms with Gasteiger partial charge in [0.05, 0.1) is 23.8 Å². The molecule has 0 amide bonds. The van der Waals surface area contributed by atoms with Gasteiger partial charge in [0, 0.05) is 12.4 Å². The van der Waals surface area contributed by atoms with E-state index in [9.17, 15) is 14.4 Å². The first kappa shape index (κ1) is 23.0. The van der Waals surface area contributed by atoms with Gasteiger partial charge >= 0.3 is 11.9 Å². The number of carbonyl (C=O) groups is 2. The van der Waals surface area contributed by atoms with Crippen molar-refractivity contribution in [3.05, 3.63) is 86.5 Å². The molecule has 0 aliphatic carbocycles. The maximum Gasteiger partial charge on any atom is 0.348 e. The second kappa shape index (κ2) is 9.75. The average Bonchev–Trinajstić information content (AvgIpc) is 3.16. The summed E-state index contributed by atoms with van der Waals surface area (Å²) in [4.78, 5) is 46.6. The number of thiophene rings is 1. The van der Waals surface area contributed by atoms with Crippen molar-refractivity contribution in [1.82, 2.24) is 14.6 Å². The number of aryl methyl sites for hydroxylation is 2. The summed E-state index contributed by atoms with van der Waals surface area (Å²) in [5.41, 5.74) is 1.19. The molecule has 3 heterocycles. The summed E-state index contributed by atoms with van der Waals surface area (Å²) >= 11 is 1.13. The zero-order valence-corrected chi connectivity index (χ0v) is 19.5. The van der Waals surface area contributed by atoms with Crippen molar-refractivity contribution < 1.29 is 19.1 Å². The van der Waals surface area contributed by atoms with Crippen LogP contribution in [-0.4, -0.2) is 39.4 Å². The van der Waals surface area contributed by atoms with Gasteiger partial charge in [-0.25, -0.2) is 14.6 Å². The van der Waals surface area contributed by atoms with Crippen LogP contribution in [0.2, 0.25) is 0 Å². The summed E-state index contributed by atoms with van der Waals surface area (Å²) in [5, 5.41) is 4.63. The number of esters is 2. The highest BCUT2D eigenvalue weighted by Gasteiger charge is 2.21. The molecule has 0 saturated heterocycles. The van der Waals surface area contributed by atoms with Gasteiger partial charge in [0.1, 0.15) is 21.3 Å². The number of rotatable bonds is 6. The molecule has 4 rings (SSSR count). The molecular weight excluding hydrogens is 456 g/mol. The van der Waals surface area contributed by atoms with E-state index in [1.807, 2.05) is 0 Å². The largest absolute Gasteiger partial charge is 0.462 e. The van der Waals surface area contributed by atoms with E-state index in [4.69, 9.17) is 9.47 Å². The van der Waals surface area contributed by atoms with Crippen molar-refractivity contribution in [2.45, 2.75) is 20.8 Å². The van der Waals surface area contributed by atoms with Crippen molar-refractivity contribution >= 4 is 39.7 Å². The van der Waals surface area contributed by atoms with Crippen LogP contribution in [0.15, 0.2) is 58.7 Å². The van der Waals surface area contributed by atoms with Gasteiger partial charge in [-0.2, -0.15) is 9.78 Å². The SMILES string of the molecule is CCOC(=O)c1sc2nc(C)n(/N=C/c3ccc(OC(=O)c4cccnc4)cc3)c(=O)c2c1C. The predicted molar refractivity (Wildman–Crippen MR) is 128 cm³/mol. The standard InChI is InChI=1S/C24H20N4O5S/c1-4-32-24(31)20-14(2)19-21(34-20)27-15(3)28(22(19)29)26-12-16-7-9-18(10-8-16)33-23(30)17-6-5-11-25-13-17/h5-13H,4H2,1-3H3/b26-12+. The molecule has 0 atom stereocenters. The molecule has 0 radical (unpaired) electrons. The lowest BCUT2D eigenvalue weighted by Crippen LogP contribution is -2.20. The Morgan fingerprint density at radius 3 is 2.59 bits per heavy atom. The zero-order chi connectivity index (χ0) is 24.2. The maximum atomic E-state index is 13.1. The number of benzene rings is 1. The third kappa shape index (κ3) is 4.62. The number of hydrogen-bond acceptors (Lipinski definition) is 9. The smallest absolute Gasteiger partial charge is 0.348 e. The maximum absolute atomic E-state index is 13.1. The molecule has 0 unspecified atom stereocenters. The van der Waals surface area contributed by atoms with Gasteiger partial charge in [-0.05, 0) is 68.3 Å². The summed E-state index contributed by atoms with van der Waals surface area (Å²) in [6.07, 6.45) is 4.51. The van der Waals surface area contributed by atoms with Crippen molar-refractivity contribution in [3.8, 4) is 5.75 Å². The Labute approximate surface area is 198 Å². The van der Waals surface area contributed by atoms with Gasteiger partial charge < -0.3 is 9.47 Å². The molecule has 0 aliphatic rings. The Morgan fingerprint density at radius 1 is 1.15 bits per heavy atom. The van der Waals surface area contributed by atoms with Crippen LogP contribution in [0.5, 0.6) is 5.75 Å². The Bertz CT molecular complexity index is 1460. The Balaban J connectivity index is 1.57. The van der Waals surface area contributed by atoms with Crippen LogP contribution in [-0.2, 0) is 4.74 Å². The molecule has 172 valence electrons. The van der Waals surface area contributed by atoms with Crippen molar-refractivity contribution in [2.24, 2.45) is 5.10 Å². The van der Waals surface area contributed by atoms with E-state index < -0.39 is 11.9 Å². The molecular formula is C24H20N4O5S. The molecule has 4 aromatic rings. The van der Waals surface area contributed by atoms with Crippen LogP contribution in [0, 0.1) is 13.8 Å². The van der Waals surface area contributed by atoms with Crippen LogP contribution in [0.25, 0.3) is 10.2 Å². The van der Waals surface area contributed by atoms with Crippen LogP contribution >= 0.6 is 11.3 Å². The van der Waals surface area contributed by atoms with E-state index in [0.717, 1.165) is 11.3 Å². The molecule has 34 heavy (non-hydrogen) atoms. The summed E-state index contributed by atoms with van der Waals surface area (Å²) < 4.78 is 11.6. The van der Waals surface area contributed by atoms with Gasteiger partial charge in [0.15, 0.2) is 0 Å². The molecule has 0 saturated carbocycles. The fourth-order valence-corrected chi connectivity index (χ4v) is 4.31. The molecule has 0 bridgehead atoms. The highest BCUT2D eigenvalue weighted by atomic mass is 32.1. The Hall–Kier alpha value is -4.18. The van der Waals surface area contributed by atoms with Crippen molar-refractivity contribution in [1.29, 1.82) is 0 Å². The van der Waals surface area contributed by atoms with Gasteiger partial charge in [-0.15, -0.1) is 11.3 Å². The second-order valence-electron chi connectivity index (χ2n) is 7.18. The van der Waals surface area contributed by atoms with E-state index in [0.29, 0.717) is 43.4 Å². The summed E-state index contributed by atoms with van der Waals surface area (Å²) in [6, 6.07) is 9.93. The van der Waals surface area contributed by atoms with E-state index in [1.54, 1.807) is 63.4 Å². The van der Waals surface area contributed by atoms with E-state index >= 15 is 0 Å². The van der Waals surface area contributed by atoms with E-state index in [1.165, 1.54) is 17.1 Å². The third-order valence-electron chi connectivity index (χ3n) is 4.88. The Kier molecular flexibility index (Phi) is 6.60. The van der Waals surface area contributed by atoms with Crippen LogP contribution in [0.4, 0.5) is 0 Å². The Morgan fingerprint density at radius 2 is 1.91 bits per heavy atom. The molecule has 9 nitrogen and oxygen atoms in total. The van der Waals surface area contributed by atoms with Crippen LogP contribution in [0.1, 0.15) is 43.9 Å². The summed E-state index contributed by atoms with van der Waals surface area (Å²) in [5.74, 6) is -0.237. The summed E-state index contributed by atoms with van der Waals surface area (Å²) in [7, 11) is 0. The number of carbonyl (C=O) groups excluding carboxylic acids is 2. The number of ether oxygens (including phenoxy) is 2. The number of pyridine rings is 1. The number of hydrogen-bond donors (Lipinski definition) is 0. The summed E-state index contributed by atoms with van der Waals surface area (Å²) in [6.45, 7) is 5.33. The molecule has 1 aromatic carbocycles. The molecule has 10 heteroatoms. The van der Waals surface area contributed by atoms with Gasteiger partial charge in [-0.1, -0.05) is 0 Å². The second-order valence-corrected chi connectivity index (χ2v) is 8.18. The minimum Gasteiger partial charge on any atom is -0.462 e. The number of nitrogens with zero attached hydrogens (tertiary/aromatic N) is 4. The zero-order valence-electron chi connectivity index (χ0n) is 18.6. The highest BCUT2D eigenvalue weighted by molar-refractivity contribution is 7.20. The predicted octanol–water partition coefficient (Wildman–Crippen LogP) is 3.75. The van der Waals surface area contributed by atoms with Gasteiger partial charge in [0.2, 0.25) is 0 Å². The minimum atomic E-state index is -0.510. The van der Waals surface area contributed by atoms with E-state index in [-0.39, 0.29) is 12.2 Å². The fourth-order valence-electron chi connectivity index (χ4n) is 3.20. The number of aromatic nitrogens is 3. The molecule has 0 fully saturated rings. The molecule has 0 N–H and O–H groups in total. The molecule has 3 aromatic heterocycles. The third-order valence-corrected chi connectivity index (χ3v) is 6.04. The normalized spacial score (nSPS) is 11.1. The first-order valence-corrected chi connectivity index (χ1v) is 11.2. The minimum absolute atomic E-state index is 0.245. The lowest BCUT2D eigenvalue weighted by Gasteiger charge is -2.05. The first-order chi connectivity index (χ1) is 16.4. The lowest BCUT2D eigenvalue weighted by atomic mass is 10.2. The highest BCUT2D eigenvalue weighted by Crippen LogP contribution is 2.28. The topological polar surface area (TPSA) is 113 Å². The number of fused-ring (bicyclic) bond motifs is 1. The first-order valence-electron chi connectivity index (χ1n) is 10.4. The monoisotopic (exact) mass is 476 g/mol. The fraction of sp³-hybridized carbons (Fsp3) is 0.167.